The molecule has 2 heterocycles. The van der Waals surface area contributed by atoms with E-state index in [4.69, 9.17) is 0 Å². The van der Waals surface area contributed by atoms with Crippen LogP contribution >= 0.6 is 0 Å². The third-order valence-electron chi connectivity index (χ3n) is 3.80. The van der Waals surface area contributed by atoms with E-state index in [1.54, 1.807) is 24.4 Å². The summed E-state index contributed by atoms with van der Waals surface area (Å²) in [6.07, 6.45) is 1.61. The van der Waals surface area contributed by atoms with Crippen molar-refractivity contribution < 1.29 is 4.79 Å². The molecular weight excluding hydrogens is 288 g/mol. The molecule has 23 heavy (non-hydrogen) atoms. The molecule has 2 aromatic heterocycles. The van der Waals surface area contributed by atoms with Crippen molar-refractivity contribution in [1.82, 2.24) is 19.9 Å². The smallest absolute Gasteiger partial charge is 0.270 e. The first-order valence-corrected chi connectivity index (χ1v) is 7.73. The Bertz CT molecular complexity index is 837. The van der Waals surface area contributed by atoms with Crippen LogP contribution in [0.25, 0.3) is 11.0 Å². The lowest BCUT2D eigenvalue weighted by Crippen LogP contribution is -2.23. The lowest BCUT2D eigenvalue weighted by atomic mass is 10.2. The van der Waals surface area contributed by atoms with Gasteiger partial charge in [-0.25, -0.2) is 4.98 Å². The Labute approximate surface area is 135 Å². The van der Waals surface area contributed by atoms with E-state index >= 15 is 0 Å². The Morgan fingerprint density at radius 2 is 2.09 bits per heavy atom. The largest absolute Gasteiger partial charge is 0.347 e. The third kappa shape index (κ3) is 3.08. The monoisotopic (exact) mass is 308 g/mol. The van der Waals surface area contributed by atoms with Crippen molar-refractivity contribution in [2.45, 2.75) is 33.4 Å². The van der Waals surface area contributed by atoms with Crippen LogP contribution in [0.4, 0.5) is 0 Å². The number of imidazole rings is 1. The maximum atomic E-state index is 12.0. The summed E-state index contributed by atoms with van der Waals surface area (Å²) in [5, 5.41) is 2.89. The lowest BCUT2D eigenvalue weighted by Gasteiger charge is -2.11. The molecule has 5 heteroatoms. The number of carbonyl (C=O) groups is 1. The van der Waals surface area contributed by atoms with Crippen LogP contribution in [0, 0.1) is 6.92 Å². The summed E-state index contributed by atoms with van der Waals surface area (Å²) in [6.45, 7) is 6.77. The van der Waals surface area contributed by atoms with Crippen molar-refractivity contribution in [3.05, 3.63) is 59.7 Å². The van der Waals surface area contributed by atoms with Gasteiger partial charge in [0.05, 0.1) is 11.0 Å². The number of benzene rings is 1. The normalized spacial score (nSPS) is 11.1. The molecule has 1 aromatic carbocycles. The standard InChI is InChI=1S/C18H20N4O/c1-12(2)22-13(3)21-16-10-14(7-8-17(16)22)11-20-18(23)15-6-4-5-9-19-15/h4-10,12H,11H2,1-3H3,(H,20,23). The zero-order chi connectivity index (χ0) is 16.4. The Hall–Kier alpha value is -2.69. The number of carbonyl (C=O) groups excluding carboxylic acids is 1. The van der Waals surface area contributed by atoms with Gasteiger partial charge in [-0.3, -0.25) is 9.78 Å². The molecule has 0 fully saturated rings. The van der Waals surface area contributed by atoms with Gasteiger partial charge < -0.3 is 9.88 Å². The highest BCUT2D eigenvalue weighted by molar-refractivity contribution is 5.92. The molecule has 5 nitrogen and oxygen atoms in total. The maximum absolute atomic E-state index is 12.0. The fourth-order valence-electron chi connectivity index (χ4n) is 2.80. The van der Waals surface area contributed by atoms with Crippen molar-refractivity contribution in [3.8, 4) is 0 Å². The summed E-state index contributed by atoms with van der Waals surface area (Å²) in [6, 6.07) is 11.8. The van der Waals surface area contributed by atoms with Gasteiger partial charge in [0, 0.05) is 18.8 Å². The van der Waals surface area contributed by atoms with E-state index in [1.807, 2.05) is 19.1 Å². The van der Waals surface area contributed by atoms with Gasteiger partial charge in [-0.1, -0.05) is 12.1 Å². The topological polar surface area (TPSA) is 59.8 Å². The van der Waals surface area contributed by atoms with Crippen LogP contribution in [0.2, 0.25) is 0 Å². The van der Waals surface area contributed by atoms with Gasteiger partial charge in [-0.05, 0) is 50.6 Å². The molecule has 0 aliphatic heterocycles. The van der Waals surface area contributed by atoms with Gasteiger partial charge in [-0.15, -0.1) is 0 Å². The van der Waals surface area contributed by atoms with Gasteiger partial charge in [0.15, 0.2) is 0 Å². The van der Waals surface area contributed by atoms with E-state index in [0.717, 1.165) is 22.4 Å². The first-order chi connectivity index (χ1) is 11.1. The first kappa shape index (κ1) is 15.2. The number of nitrogens with one attached hydrogen (secondary N) is 1. The molecule has 0 saturated heterocycles. The highest BCUT2D eigenvalue weighted by atomic mass is 16.1. The van der Waals surface area contributed by atoms with Crippen LogP contribution in [0.15, 0.2) is 42.6 Å². The van der Waals surface area contributed by atoms with E-state index in [-0.39, 0.29) is 5.91 Å². The SMILES string of the molecule is Cc1nc2cc(CNC(=O)c3ccccn3)ccc2n1C(C)C. The van der Waals surface area contributed by atoms with Crippen molar-refractivity contribution in [2.75, 3.05) is 0 Å². The molecule has 0 spiro atoms. The zero-order valence-electron chi connectivity index (χ0n) is 13.6. The predicted octanol–water partition coefficient (Wildman–Crippen LogP) is 3.25. The molecular formula is C18H20N4O. The van der Waals surface area contributed by atoms with Gasteiger partial charge in [0.25, 0.3) is 5.91 Å². The molecule has 0 bridgehead atoms. The summed E-state index contributed by atoms with van der Waals surface area (Å²) >= 11 is 0. The molecule has 0 atom stereocenters. The van der Waals surface area contributed by atoms with Crippen molar-refractivity contribution in [3.63, 3.8) is 0 Å². The Morgan fingerprint density at radius 3 is 2.78 bits per heavy atom. The molecule has 118 valence electrons. The average Bonchev–Trinajstić information content (AvgIpc) is 2.88. The minimum absolute atomic E-state index is 0.172. The van der Waals surface area contributed by atoms with E-state index < -0.39 is 0 Å². The summed E-state index contributed by atoms with van der Waals surface area (Å²) in [7, 11) is 0. The van der Waals surface area contributed by atoms with Crippen LogP contribution in [0.3, 0.4) is 0 Å². The molecule has 0 aliphatic rings. The van der Waals surface area contributed by atoms with Gasteiger partial charge in [-0.2, -0.15) is 0 Å². The second-order valence-corrected chi connectivity index (χ2v) is 5.84. The van der Waals surface area contributed by atoms with E-state index in [2.05, 4.69) is 39.8 Å². The number of amides is 1. The number of aromatic nitrogens is 3. The number of rotatable bonds is 4. The number of pyridine rings is 1. The summed E-state index contributed by atoms with van der Waals surface area (Å²) in [5.41, 5.74) is 3.53. The quantitative estimate of drug-likeness (QED) is 0.805. The maximum Gasteiger partial charge on any atom is 0.270 e. The molecule has 0 saturated carbocycles. The fourth-order valence-corrected chi connectivity index (χ4v) is 2.80. The Kier molecular flexibility index (Phi) is 4.10. The fraction of sp³-hybridized carbons (Fsp3) is 0.278. The van der Waals surface area contributed by atoms with Gasteiger partial charge in [0.2, 0.25) is 0 Å². The second-order valence-electron chi connectivity index (χ2n) is 5.84. The Morgan fingerprint density at radius 1 is 1.26 bits per heavy atom. The predicted molar refractivity (Wildman–Crippen MR) is 90.3 cm³/mol. The zero-order valence-corrected chi connectivity index (χ0v) is 13.6. The summed E-state index contributed by atoms with van der Waals surface area (Å²) in [4.78, 5) is 20.7. The van der Waals surface area contributed by atoms with Gasteiger partial charge in [0.1, 0.15) is 11.5 Å². The van der Waals surface area contributed by atoms with Crippen molar-refractivity contribution in [1.29, 1.82) is 0 Å². The van der Waals surface area contributed by atoms with Crippen LogP contribution in [-0.2, 0) is 6.54 Å². The molecule has 1 N–H and O–H groups in total. The highest BCUT2D eigenvalue weighted by Gasteiger charge is 2.11. The molecule has 0 radical (unpaired) electrons. The molecule has 3 aromatic rings. The third-order valence-corrected chi connectivity index (χ3v) is 3.80. The first-order valence-electron chi connectivity index (χ1n) is 7.73. The van der Waals surface area contributed by atoms with E-state index in [9.17, 15) is 4.79 Å². The number of hydrogen-bond acceptors (Lipinski definition) is 3. The van der Waals surface area contributed by atoms with Crippen molar-refractivity contribution in [2.24, 2.45) is 0 Å². The summed E-state index contributed by atoms with van der Waals surface area (Å²) in [5.74, 6) is 0.833. The minimum atomic E-state index is -0.172. The highest BCUT2D eigenvalue weighted by Crippen LogP contribution is 2.21. The van der Waals surface area contributed by atoms with E-state index in [0.29, 0.717) is 18.3 Å². The molecule has 1 amide bonds. The lowest BCUT2D eigenvalue weighted by molar-refractivity contribution is 0.0946. The average molecular weight is 308 g/mol. The van der Waals surface area contributed by atoms with Crippen LogP contribution in [-0.4, -0.2) is 20.4 Å². The molecule has 0 unspecified atom stereocenters. The number of hydrogen-bond donors (Lipinski definition) is 1. The second kappa shape index (κ2) is 6.20. The Balaban J connectivity index is 1.78. The molecule has 3 rings (SSSR count). The van der Waals surface area contributed by atoms with Crippen LogP contribution < -0.4 is 5.32 Å². The van der Waals surface area contributed by atoms with Crippen LogP contribution in [0.1, 0.15) is 41.8 Å². The van der Waals surface area contributed by atoms with Crippen LogP contribution in [0.5, 0.6) is 0 Å². The minimum Gasteiger partial charge on any atom is -0.347 e. The number of nitrogens with zero attached hydrogens (tertiary/aromatic N) is 3. The van der Waals surface area contributed by atoms with Crippen molar-refractivity contribution >= 4 is 16.9 Å². The number of aryl methyl sites for hydroxylation is 1. The summed E-state index contributed by atoms with van der Waals surface area (Å²) < 4.78 is 2.21. The molecule has 0 aliphatic carbocycles. The number of fused-ring (bicyclic) bond motifs is 1. The van der Waals surface area contributed by atoms with E-state index in [1.165, 1.54) is 0 Å². The van der Waals surface area contributed by atoms with Gasteiger partial charge >= 0.3 is 0 Å².